The SMILES string of the molecule is O=CC1C(=O)N(c2ccccc2)C(=O)N(c2ccccc2)C1=O. The van der Waals surface area contributed by atoms with E-state index in [-0.39, 0.29) is 6.29 Å². The standard InChI is InChI=1S/C17H12N2O4/c20-11-14-15(21)18(12-7-3-1-4-8-12)17(23)19(16(14)22)13-9-5-2-6-10-13/h1-11,14H. The number of aldehydes is 1. The summed E-state index contributed by atoms with van der Waals surface area (Å²) < 4.78 is 0. The number of rotatable bonds is 3. The van der Waals surface area contributed by atoms with Gasteiger partial charge in [0, 0.05) is 0 Å². The molecule has 1 aliphatic heterocycles. The summed E-state index contributed by atoms with van der Waals surface area (Å²) in [7, 11) is 0. The van der Waals surface area contributed by atoms with Crippen molar-refractivity contribution in [1.82, 2.24) is 0 Å². The molecule has 23 heavy (non-hydrogen) atoms. The second kappa shape index (κ2) is 5.84. The monoisotopic (exact) mass is 308 g/mol. The van der Waals surface area contributed by atoms with Gasteiger partial charge < -0.3 is 4.79 Å². The number of imide groups is 2. The van der Waals surface area contributed by atoms with Gasteiger partial charge in [0.05, 0.1) is 11.4 Å². The average molecular weight is 308 g/mol. The lowest BCUT2D eigenvalue weighted by Crippen LogP contribution is -2.60. The maximum absolute atomic E-state index is 12.7. The zero-order valence-electron chi connectivity index (χ0n) is 12.0. The number of urea groups is 1. The normalized spacial score (nSPS) is 15.9. The third-order valence-corrected chi connectivity index (χ3v) is 3.52. The maximum Gasteiger partial charge on any atom is 0.342 e. The number of hydrogen-bond donors (Lipinski definition) is 0. The number of hydrogen-bond acceptors (Lipinski definition) is 4. The second-order valence-corrected chi connectivity index (χ2v) is 4.91. The van der Waals surface area contributed by atoms with Crippen molar-refractivity contribution in [3.05, 3.63) is 60.7 Å². The van der Waals surface area contributed by atoms with Crippen LogP contribution in [0.25, 0.3) is 0 Å². The molecule has 0 aliphatic carbocycles. The maximum atomic E-state index is 12.7. The van der Waals surface area contributed by atoms with Crippen molar-refractivity contribution >= 4 is 35.5 Å². The number of anilines is 2. The van der Waals surface area contributed by atoms with E-state index in [1.807, 2.05) is 0 Å². The predicted octanol–water partition coefficient (Wildman–Crippen LogP) is 2.00. The summed E-state index contributed by atoms with van der Waals surface area (Å²) in [6, 6.07) is 15.6. The Morgan fingerprint density at radius 2 is 1.09 bits per heavy atom. The lowest BCUT2D eigenvalue weighted by molar-refractivity contribution is -0.135. The molecule has 1 heterocycles. The summed E-state index contributed by atoms with van der Waals surface area (Å²) in [6.07, 6.45) is 0.267. The van der Waals surface area contributed by atoms with Crippen LogP contribution in [0.15, 0.2) is 60.7 Å². The molecule has 6 nitrogen and oxygen atoms in total. The Bertz CT molecular complexity index is 712. The average Bonchev–Trinajstić information content (AvgIpc) is 2.57. The van der Waals surface area contributed by atoms with Crippen molar-refractivity contribution in [2.24, 2.45) is 5.92 Å². The molecule has 1 saturated heterocycles. The molecule has 1 fully saturated rings. The Morgan fingerprint density at radius 3 is 1.43 bits per heavy atom. The molecular weight excluding hydrogens is 296 g/mol. The highest BCUT2D eigenvalue weighted by atomic mass is 16.2. The topological polar surface area (TPSA) is 74.8 Å². The molecule has 1 aliphatic rings. The highest BCUT2D eigenvalue weighted by Crippen LogP contribution is 2.27. The molecule has 0 N–H and O–H groups in total. The van der Waals surface area contributed by atoms with Crippen LogP contribution in [0, 0.1) is 5.92 Å². The van der Waals surface area contributed by atoms with Crippen LogP contribution in [0.3, 0.4) is 0 Å². The molecule has 0 bridgehead atoms. The van der Waals surface area contributed by atoms with Crippen molar-refractivity contribution in [1.29, 1.82) is 0 Å². The molecule has 0 aromatic heterocycles. The zero-order valence-corrected chi connectivity index (χ0v) is 12.0. The van der Waals surface area contributed by atoms with E-state index in [1.54, 1.807) is 60.7 Å². The third-order valence-electron chi connectivity index (χ3n) is 3.52. The van der Waals surface area contributed by atoms with Gasteiger partial charge in [0.1, 0.15) is 6.29 Å². The number of carbonyl (C=O) groups excluding carboxylic acids is 4. The minimum Gasteiger partial charge on any atom is -0.302 e. The molecule has 0 saturated carbocycles. The number of amides is 4. The van der Waals surface area contributed by atoms with Crippen molar-refractivity contribution in [2.45, 2.75) is 0 Å². The molecule has 0 unspecified atom stereocenters. The predicted molar refractivity (Wildman–Crippen MR) is 82.8 cm³/mol. The van der Waals surface area contributed by atoms with Gasteiger partial charge in [0.2, 0.25) is 0 Å². The molecule has 0 spiro atoms. The van der Waals surface area contributed by atoms with Crippen LogP contribution >= 0.6 is 0 Å². The Labute approximate surface area is 131 Å². The van der Waals surface area contributed by atoms with Crippen molar-refractivity contribution in [3.63, 3.8) is 0 Å². The highest BCUT2D eigenvalue weighted by molar-refractivity contribution is 6.39. The van der Waals surface area contributed by atoms with Gasteiger partial charge in [0.15, 0.2) is 5.92 Å². The van der Waals surface area contributed by atoms with E-state index in [9.17, 15) is 19.2 Å². The Balaban J connectivity index is 2.11. The first-order valence-corrected chi connectivity index (χ1v) is 6.92. The van der Waals surface area contributed by atoms with E-state index in [2.05, 4.69) is 0 Å². The fourth-order valence-electron chi connectivity index (χ4n) is 2.42. The molecule has 2 aromatic rings. The van der Waals surface area contributed by atoms with Crippen molar-refractivity contribution in [2.75, 3.05) is 9.80 Å². The highest BCUT2D eigenvalue weighted by Gasteiger charge is 2.47. The van der Waals surface area contributed by atoms with Gasteiger partial charge in [0.25, 0.3) is 11.8 Å². The van der Waals surface area contributed by atoms with E-state index < -0.39 is 23.8 Å². The molecular formula is C17H12N2O4. The number of benzene rings is 2. The summed E-state index contributed by atoms with van der Waals surface area (Å²) in [5, 5.41) is 0. The van der Waals surface area contributed by atoms with Crippen molar-refractivity contribution < 1.29 is 19.2 Å². The van der Waals surface area contributed by atoms with Crippen LogP contribution in [0.4, 0.5) is 16.2 Å². The largest absolute Gasteiger partial charge is 0.342 e. The van der Waals surface area contributed by atoms with E-state index >= 15 is 0 Å². The number of barbiturate groups is 1. The van der Waals surface area contributed by atoms with Gasteiger partial charge in [-0.3, -0.25) is 9.59 Å². The Kier molecular flexibility index (Phi) is 3.72. The van der Waals surface area contributed by atoms with Gasteiger partial charge in [-0.05, 0) is 24.3 Å². The molecule has 114 valence electrons. The molecule has 2 aromatic carbocycles. The van der Waals surface area contributed by atoms with E-state index in [0.717, 1.165) is 9.80 Å². The minimum absolute atomic E-state index is 0.267. The first-order chi connectivity index (χ1) is 11.1. The zero-order chi connectivity index (χ0) is 16.4. The summed E-state index contributed by atoms with van der Waals surface area (Å²) in [5.41, 5.74) is 0.616. The number of nitrogens with zero attached hydrogens (tertiary/aromatic N) is 2. The van der Waals surface area contributed by atoms with Crippen LogP contribution < -0.4 is 9.80 Å². The van der Waals surface area contributed by atoms with Gasteiger partial charge in [-0.25, -0.2) is 14.6 Å². The number of carbonyl (C=O) groups is 4. The van der Waals surface area contributed by atoms with Crippen LogP contribution in [0.2, 0.25) is 0 Å². The van der Waals surface area contributed by atoms with Crippen LogP contribution in [0.1, 0.15) is 0 Å². The first-order valence-electron chi connectivity index (χ1n) is 6.92. The van der Waals surface area contributed by atoms with E-state index in [1.165, 1.54) is 0 Å². The third kappa shape index (κ3) is 2.40. The van der Waals surface area contributed by atoms with Crippen LogP contribution in [-0.2, 0) is 14.4 Å². The lowest BCUT2D eigenvalue weighted by atomic mass is 10.0. The van der Waals surface area contributed by atoms with Gasteiger partial charge in [-0.1, -0.05) is 36.4 Å². The quantitative estimate of drug-likeness (QED) is 0.642. The number of para-hydroxylation sites is 2. The fourth-order valence-corrected chi connectivity index (χ4v) is 2.42. The van der Waals surface area contributed by atoms with Crippen LogP contribution in [0.5, 0.6) is 0 Å². The summed E-state index contributed by atoms with van der Waals surface area (Å²) in [6.45, 7) is 0. The van der Waals surface area contributed by atoms with Crippen LogP contribution in [-0.4, -0.2) is 24.1 Å². The molecule has 3 rings (SSSR count). The van der Waals surface area contributed by atoms with Gasteiger partial charge >= 0.3 is 6.03 Å². The first kappa shape index (κ1) is 14.6. The summed E-state index contributed by atoms with van der Waals surface area (Å²) >= 11 is 0. The molecule has 4 amide bonds. The van der Waals surface area contributed by atoms with Gasteiger partial charge in [-0.15, -0.1) is 0 Å². The molecule has 0 atom stereocenters. The van der Waals surface area contributed by atoms with E-state index in [4.69, 9.17) is 0 Å². The lowest BCUT2D eigenvalue weighted by Gasteiger charge is -2.35. The van der Waals surface area contributed by atoms with E-state index in [0.29, 0.717) is 11.4 Å². The smallest absolute Gasteiger partial charge is 0.302 e. The second-order valence-electron chi connectivity index (χ2n) is 4.91. The summed E-state index contributed by atoms with van der Waals surface area (Å²) in [5.74, 6) is -3.21. The van der Waals surface area contributed by atoms with Crippen molar-refractivity contribution in [3.8, 4) is 0 Å². The molecule has 0 radical (unpaired) electrons. The van der Waals surface area contributed by atoms with Gasteiger partial charge in [-0.2, -0.15) is 0 Å². The summed E-state index contributed by atoms with van der Waals surface area (Å²) in [4.78, 5) is 50.4. The Morgan fingerprint density at radius 1 is 0.696 bits per heavy atom. The fraction of sp³-hybridized carbons (Fsp3) is 0.0588. The Hall–Kier alpha value is -3.28. The minimum atomic E-state index is -1.53. The molecule has 6 heteroatoms.